The second kappa shape index (κ2) is 12.4. The molecule has 1 N–H and O–H groups in total. The van der Waals surface area contributed by atoms with E-state index >= 15 is 0 Å². The topological polar surface area (TPSA) is 108 Å². The second-order valence-electron chi connectivity index (χ2n) is 10.6. The molecular weight excluding hydrogens is 568 g/mol. The Morgan fingerprint density at radius 1 is 1.05 bits per heavy atom. The van der Waals surface area contributed by atoms with Crippen LogP contribution >= 0.6 is 11.6 Å². The first-order chi connectivity index (χ1) is 19.6. The first-order valence-electron chi connectivity index (χ1n) is 13.6. The Kier molecular flexibility index (Phi) is 8.89. The van der Waals surface area contributed by atoms with E-state index in [2.05, 4.69) is 0 Å². The molecule has 0 aliphatic carbocycles. The molecular formula is C31H33ClO8S. The summed E-state index contributed by atoms with van der Waals surface area (Å²) in [4.78, 5) is 11.3. The van der Waals surface area contributed by atoms with E-state index in [0.717, 1.165) is 22.3 Å². The highest BCUT2D eigenvalue weighted by Gasteiger charge is 2.44. The summed E-state index contributed by atoms with van der Waals surface area (Å²) in [7, 11) is -2.94. The zero-order valence-corrected chi connectivity index (χ0v) is 24.3. The van der Waals surface area contributed by atoms with Crippen LogP contribution < -0.4 is 9.47 Å². The number of rotatable bonds is 11. The van der Waals surface area contributed by atoms with Crippen LogP contribution in [0.2, 0.25) is 5.02 Å². The quantitative estimate of drug-likeness (QED) is 0.307. The standard InChI is InChI=1S/C31H33ClO8S/c1-21(30(33)34)40-31(19-37-20-31)25-7-9-26(10-8-25)38-18-24-16-23(27-4-2-3-5-28(27)32)6-11-29(24)39-17-22-12-14-41(35,36)15-13-22/h2-11,16,21-22H,12-15,17-20H2,1H3,(H,33,34). The zero-order valence-electron chi connectivity index (χ0n) is 22.8. The van der Waals surface area contributed by atoms with Crippen molar-refractivity contribution in [2.24, 2.45) is 5.92 Å². The summed E-state index contributed by atoms with van der Waals surface area (Å²) in [6, 6.07) is 20.8. The van der Waals surface area contributed by atoms with Gasteiger partial charge in [0.1, 0.15) is 33.5 Å². The van der Waals surface area contributed by atoms with E-state index in [0.29, 0.717) is 36.0 Å². The lowest BCUT2D eigenvalue weighted by Crippen LogP contribution is -2.51. The molecule has 0 radical (unpaired) electrons. The van der Waals surface area contributed by atoms with Gasteiger partial charge in [0.25, 0.3) is 0 Å². The second-order valence-corrected chi connectivity index (χ2v) is 13.3. The Morgan fingerprint density at radius 3 is 2.39 bits per heavy atom. The summed E-state index contributed by atoms with van der Waals surface area (Å²) in [5.74, 6) is 0.853. The fraction of sp³-hybridized carbons (Fsp3) is 0.387. The van der Waals surface area contributed by atoms with E-state index in [-0.39, 0.29) is 37.2 Å². The Labute approximate surface area is 245 Å². The van der Waals surface area contributed by atoms with Crippen LogP contribution in [-0.4, -0.2) is 56.9 Å². The third-order valence-corrected chi connectivity index (χ3v) is 9.63. The smallest absolute Gasteiger partial charge is 0.332 e. The molecule has 0 amide bonds. The normalized spacial score (nSPS) is 18.7. The lowest BCUT2D eigenvalue weighted by Gasteiger charge is -2.42. The van der Waals surface area contributed by atoms with Crippen molar-refractivity contribution in [1.82, 2.24) is 0 Å². The van der Waals surface area contributed by atoms with Gasteiger partial charge in [-0.15, -0.1) is 0 Å². The number of carboxylic acid groups (broad SMARTS) is 1. The molecule has 0 aromatic heterocycles. The number of hydrogen-bond acceptors (Lipinski definition) is 7. The molecule has 0 bridgehead atoms. The Bertz CT molecular complexity index is 1470. The van der Waals surface area contributed by atoms with E-state index in [4.69, 9.17) is 30.5 Å². The maximum Gasteiger partial charge on any atom is 0.332 e. The number of halogens is 1. The molecule has 0 spiro atoms. The molecule has 2 fully saturated rings. The van der Waals surface area contributed by atoms with Crippen LogP contribution in [0.15, 0.2) is 66.7 Å². The van der Waals surface area contributed by atoms with Gasteiger partial charge in [-0.3, -0.25) is 0 Å². The minimum Gasteiger partial charge on any atom is -0.493 e. The highest BCUT2D eigenvalue weighted by atomic mass is 35.5. The zero-order chi connectivity index (χ0) is 29.0. The highest BCUT2D eigenvalue weighted by molar-refractivity contribution is 7.91. The van der Waals surface area contributed by atoms with Crippen molar-refractivity contribution < 1.29 is 37.3 Å². The molecule has 2 aliphatic rings. The molecule has 2 aliphatic heterocycles. The molecule has 2 saturated heterocycles. The van der Waals surface area contributed by atoms with Gasteiger partial charge < -0.3 is 24.1 Å². The van der Waals surface area contributed by atoms with Crippen LogP contribution in [0.3, 0.4) is 0 Å². The maximum absolute atomic E-state index is 11.8. The predicted octanol–water partition coefficient (Wildman–Crippen LogP) is 5.50. The van der Waals surface area contributed by atoms with Crippen molar-refractivity contribution in [3.8, 4) is 22.6 Å². The van der Waals surface area contributed by atoms with Crippen LogP contribution in [0, 0.1) is 5.92 Å². The monoisotopic (exact) mass is 600 g/mol. The number of carbonyl (C=O) groups is 1. The summed E-state index contributed by atoms with van der Waals surface area (Å²) in [5, 5.41) is 9.91. The van der Waals surface area contributed by atoms with Crippen LogP contribution in [0.1, 0.15) is 30.9 Å². The molecule has 218 valence electrons. The average molecular weight is 601 g/mol. The van der Waals surface area contributed by atoms with Crippen molar-refractivity contribution in [1.29, 1.82) is 0 Å². The van der Waals surface area contributed by atoms with E-state index in [1.54, 1.807) is 0 Å². The summed E-state index contributed by atoms with van der Waals surface area (Å²) in [6.07, 6.45) is 0.232. The molecule has 3 aromatic rings. The Morgan fingerprint density at radius 2 is 1.76 bits per heavy atom. The highest BCUT2D eigenvalue weighted by Crippen LogP contribution is 2.37. The molecule has 1 atom stereocenters. The van der Waals surface area contributed by atoms with Gasteiger partial charge in [0.05, 0.1) is 31.3 Å². The summed E-state index contributed by atoms with van der Waals surface area (Å²) in [5.41, 5.74) is 2.68. The molecule has 41 heavy (non-hydrogen) atoms. The van der Waals surface area contributed by atoms with E-state index < -0.39 is 27.5 Å². The van der Waals surface area contributed by atoms with Gasteiger partial charge in [-0.25, -0.2) is 13.2 Å². The maximum atomic E-state index is 11.8. The molecule has 0 saturated carbocycles. The Hall–Kier alpha value is -3.11. The van der Waals surface area contributed by atoms with Gasteiger partial charge in [-0.1, -0.05) is 48.0 Å². The lowest BCUT2D eigenvalue weighted by atomic mass is 9.91. The molecule has 1 unspecified atom stereocenters. The lowest BCUT2D eigenvalue weighted by molar-refractivity contribution is -0.237. The number of aliphatic carboxylic acids is 1. The molecule has 5 rings (SSSR count). The van der Waals surface area contributed by atoms with Gasteiger partial charge in [-0.2, -0.15) is 0 Å². The molecule has 2 heterocycles. The van der Waals surface area contributed by atoms with Crippen LogP contribution in [-0.2, 0) is 36.3 Å². The number of sulfone groups is 1. The van der Waals surface area contributed by atoms with E-state index in [1.165, 1.54) is 6.92 Å². The predicted molar refractivity (Wildman–Crippen MR) is 155 cm³/mol. The first-order valence-corrected chi connectivity index (χ1v) is 15.8. The van der Waals surface area contributed by atoms with Crippen LogP contribution in [0.25, 0.3) is 11.1 Å². The number of benzene rings is 3. The summed E-state index contributed by atoms with van der Waals surface area (Å²) >= 11 is 6.46. The first kappa shape index (κ1) is 29.4. The van der Waals surface area contributed by atoms with Gasteiger partial charge in [0.2, 0.25) is 0 Å². The van der Waals surface area contributed by atoms with Gasteiger partial charge in [0, 0.05) is 16.1 Å². The molecule has 10 heteroatoms. The number of hydrogen-bond donors (Lipinski definition) is 1. The fourth-order valence-corrected chi connectivity index (χ4v) is 6.84. The van der Waals surface area contributed by atoms with Crippen molar-refractivity contribution >= 4 is 27.4 Å². The minimum absolute atomic E-state index is 0.178. The van der Waals surface area contributed by atoms with Gasteiger partial charge >= 0.3 is 5.97 Å². The fourth-order valence-electron chi connectivity index (χ4n) is 5.00. The van der Waals surface area contributed by atoms with Gasteiger partial charge in [-0.05, 0) is 67.1 Å². The van der Waals surface area contributed by atoms with Crippen LogP contribution in [0.4, 0.5) is 0 Å². The number of ether oxygens (including phenoxy) is 4. The van der Waals surface area contributed by atoms with Gasteiger partial charge in [0.15, 0.2) is 6.10 Å². The van der Waals surface area contributed by atoms with Crippen molar-refractivity contribution in [3.63, 3.8) is 0 Å². The summed E-state index contributed by atoms with van der Waals surface area (Å²) in [6.45, 7) is 2.74. The molecule has 3 aromatic carbocycles. The van der Waals surface area contributed by atoms with Crippen molar-refractivity contribution in [2.75, 3.05) is 31.3 Å². The van der Waals surface area contributed by atoms with E-state index in [1.807, 2.05) is 66.7 Å². The van der Waals surface area contributed by atoms with Crippen molar-refractivity contribution in [2.45, 2.75) is 38.1 Å². The minimum atomic E-state index is -2.94. The van der Waals surface area contributed by atoms with Crippen molar-refractivity contribution in [3.05, 3.63) is 82.9 Å². The molecule has 8 nitrogen and oxygen atoms in total. The third-order valence-electron chi connectivity index (χ3n) is 7.59. The average Bonchev–Trinajstić information content (AvgIpc) is 2.94. The summed E-state index contributed by atoms with van der Waals surface area (Å²) < 4.78 is 47.2. The largest absolute Gasteiger partial charge is 0.493 e. The number of carboxylic acids is 1. The van der Waals surface area contributed by atoms with Crippen LogP contribution in [0.5, 0.6) is 11.5 Å². The SMILES string of the molecule is CC(OC1(c2ccc(OCc3cc(-c4ccccc4Cl)ccc3OCC3CCS(=O)(=O)CC3)cc2)COC1)C(=O)O. The Balaban J connectivity index is 1.31. The van der Waals surface area contributed by atoms with E-state index in [9.17, 15) is 18.3 Å². The third kappa shape index (κ3) is 7.04.